The van der Waals surface area contributed by atoms with Crippen molar-refractivity contribution in [3.05, 3.63) is 46.1 Å². The summed E-state index contributed by atoms with van der Waals surface area (Å²) in [4.78, 5) is 9.63. The van der Waals surface area contributed by atoms with Crippen LogP contribution in [0.1, 0.15) is 18.9 Å². The molecule has 0 amide bonds. The van der Waals surface area contributed by atoms with Gasteiger partial charge in [0.2, 0.25) is 6.20 Å². The topological polar surface area (TPSA) is 52.4 Å². The third-order valence-electron chi connectivity index (χ3n) is 1.72. The molecule has 0 radical (unpaired) electrons. The predicted molar refractivity (Wildman–Crippen MR) is 58.3 cm³/mol. The van der Waals surface area contributed by atoms with Crippen molar-refractivity contribution >= 4 is 6.08 Å². The van der Waals surface area contributed by atoms with Crippen molar-refractivity contribution in [2.24, 2.45) is 0 Å². The Labute approximate surface area is 88.3 Å². The lowest BCUT2D eigenvalue weighted by molar-refractivity contribution is -0.400. The number of hydrogen-bond acceptors (Lipinski definition) is 3. The highest BCUT2D eigenvalue weighted by Crippen LogP contribution is 2.14. The van der Waals surface area contributed by atoms with E-state index in [2.05, 4.69) is 0 Å². The molecule has 15 heavy (non-hydrogen) atoms. The van der Waals surface area contributed by atoms with Gasteiger partial charge in [0.1, 0.15) is 5.75 Å². The van der Waals surface area contributed by atoms with Crippen LogP contribution >= 0.6 is 0 Å². The van der Waals surface area contributed by atoms with Crippen molar-refractivity contribution in [3.8, 4) is 5.75 Å². The fourth-order valence-corrected chi connectivity index (χ4v) is 1.07. The lowest BCUT2D eigenvalue weighted by Crippen LogP contribution is -1.94. The predicted octanol–water partition coefficient (Wildman–Crippen LogP) is 2.72. The Morgan fingerprint density at radius 2 is 2.33 bits per heavy atom. The molecule has 0 atom stereocenters. The number of hydrogen-bond donors (Lipinski definition) is 0. The molecule has 0 aromatic heterocycles. The van der Waals surface area contributed by atoms with Gasteiger partial charge in [-0.3, -0.25) is 10.1 Å². The van der Waals surface area contributed by atoms with Crippen LogP contribution in [0.3, 0.4) is 0 Å². The van der Waals surface area contributed by atoms with Crippen LogP contribution in [0.15, 0.2) is 30.5 Å². The third-order valence-corrected chi connectivity index (χ3v) is 1.72. The van der Waals surface area contributed by atoms with Gasteiger partial charge >= 0.3 is 0 Å². The summed E-state index contributed by atoms with van der Waals surface area (Å²) in [5.74, 6) is 0.738. The van der Waals surface area contributed by atoms with Gasteiger partial charge in [-0.2, -0.15) is 0 Å². The van der Waals surface area contributed by atoms with Crippen LogP contribution in [0.4, 0.5) is 0 Å². The lowest BCUT2D eigenvalue weighted by Gasteiger charge is -2.04. The first-order valence-electron chi connectivity index (χ1n) is 4.77. The molecule has 0 saturated heterocycles. The van der Waals surface area contributed by atoms with E-state index in [1.165, 1.54) is 6.08 Å². The van der Waals surface area contributed by atoms with Crippen molar-refractivity contribution in [2.45, 2.75) is 13.3 Å². The number of rotatable bonds is 5. The molecule has 1 rings (SSSR count). The van der Waals surface area contributed by atoms with Gasteiger partial charge in [0.15, 0.2) is 0 Å². The zero-order valence-corrected chi connectivity index (χ0v) is 8.55. The van der Waals surface area contributed by atoms with E-state index in [-0.39, 0.29) is 0 Å². The van der Waals surface area contributed by atoms with Gasteiger partial charge in [0.05, 0.1) is 11.5 Å². The summed E-state index contributed by atoms with van der Waals surface area (Å²) < 4.78 is 5.40. The van der Waals surface area contributed by atoms with Gasteiger partial charge in [-0.1, -0.05) is 19.1 Å². The molecule has 0 bridgehead atoms. The molecule has 1 aromatic carbocycles. The Morgan fingerprint density at radius 3 is 3.00 bits per heavy atom. The van der Waals surface area contributed by atoms with E-state index >= 15 is 0 Å². The van der Waals surface area contributed by atoms with E-state index in [0.717, 1.165) is 23.9 Å². The molecule has 0 N–H and O–H groups in total. The zero-order valence-electron chi connectivity index (χ0n) is 8.55. The summed E-state index contributed by atoms with van der Waals surface area (Å²) >= 11 is 0. The van der Waals surface area contributed by atoms with Gasteiger partial charge in [-0.05, 0) is 24.1 Å². The molecule has 0 aliphatic carbocycles. The minimum atomic E-state index is -0.487. The molecular formula is C11H13NO3. The Kier molecular flexibility index (Phi) is 4.34. The quantitative estimate of drug-likeness (QED) is 0.551. The van der Waals surface area contributed by atoms with Crippen LogP contribution in [-0.4, -0.2) is 11.5 Å². The normalized spacial score (nSPS) is 10.5. The second kappa shape index (κ2) is 5.80. The summed E-state index contributed by atoms with van der Waals surface area (Å²) in [7, 11) is 0. The average Bonchev–Trinajstić information content (AvgIpc) is 2.24. The average molecular weight is 207 g/mol. The smallest absolute Gasteiger partial charge is 0.235 e. The molecule has 0 aliphatic heterocycles. The minimum Gasteiger partial charge on any atom is -0.494 e. The summed E-state index contributed by atoms with van der Waals surface area (Å²) in [6, 6.07) is 7.21. The van der Waals surface area contributed by atoms with E-state index < -0.39 is 4.92 Å². The summed E-state index contributed by atoms with van der Waals surface area (Å²) in [6.07, 6.45) is 3.30. The molecule has 0 spiro atoms. The first-order chi connectivity index (χ1) is 7.22. The SMILES string of the molecule is CCCOc1cccc(C=C[N+](=O)[O-])c1. The highest BCUT2D eigenvalue weighted by Gasteiger charge is 1.95. The standard InChI is InChI=1S/C11H13NO3/c1-2-8-15-11-5-3-4-10(9-11)6-7-12(13)14/h3-7,9H,2,8H2,1H3. The lowest BCUT2D eigenvalue weighted by atomic mass is 10.2. The molecule has 0 fully saturated rings. The van der Waals surface area contributed by atoms with Gasteiger partial charge in [-0.15, -0.1) is 0 Å². The monoisotopic (exact) mass is 207 g/mol. The minimum absolute atomic E-state index is 0.487. The largest absolute Gasteiger partial charge is 0.494 e. The van der Waals surface area contributed by atoms with Gasteiger partial charge in [0.25, 0.3) is 0 Å². The van der Waals surface area contributed by atoms with Crippen molar-refractivity contribution in [2.75, 3.05) is 6.61 Å². The maximum atomic E-state index is 10.1. The van der Waals surface area contributed by atoms with E-state index in [1.807, 2.05) is 19.1 Å². The molecule has 4 nitrogen and oxygen atoms in total. The summed E-state index contributed by atoms with van der Waals surface area (Å²) in [6.45, 7) is 2.68. The van der Waals surface area contributed by atoms with E-state index in [0.29, 0.717) is 6.61 Å². The van der Waals surface area contributed by atoms with Crippen molar-refractivity contribution in [3.63, 3.8) is 0 Å². The van der Waals surface area contributed by atoms with Crippen molar-refractivity contribution in [1.82, 2.24) is 0 Å². The van der Waals surface area contributed by atoms with E-state index in [1.54, 1.807) is 12.1 Å². The van der Waals surface area contributed by atoms with Crippen LogP contribution in [0.5, 0.6) is 5.75 Å². The number of benzene rings is 1. The van der Waals surface area contributed by atoms with Crippen LogP contribution in [0, 0.1) is 10.1 Å². The van der Waals surface area contributed by atoms with Crippen LogP contribution in [0.25, 0.3) is 6.08 Å². The number of ether oxygens (including phenoxy) is 1. The van der Waals surface area contributed by atoms with Gasteiger partial charge < -0.3 is 4.74 Å². The first kappa shape index (κ1) is 11.2. The molecule has 0 unspecified atom stereocenters. The van der Waals surface area contributed by atoms with Crippen molar-refractivity contribution < 1.29 is 9.66 Å². The maximum Gasteiger partial charge on any atom is 0.235 e. The van der Waals surface area contributed by atoms with Crippen LogP contribution in [-0.2, 0) is 0 Å². The first-order valence-corrected chi connectivity index (χ1v) is 4.77. The van der Waals surface area contributed by atoms with Gasteiger partial charge in [-0.25, -0.2) is 0 Å². The maximum absolute atomic E-state index is 10.1. The number of nitro groups is 1. The molecule has 0 aliphatic rings. The Bertz CT molecular complexity index is 361. The molecular weight excluding hydrogens is 194 g/mol. The van der Waals surface area contributed by atoms with E-state index in [4.69, 9.17) is 4.74 Å². The van der Waals surface area contributed by atoms with Crippen LogP contribution < -0.4 is 4.74 Å². The Hall–Kier alpha value is -1.84. The Balaban J connectivity index is 2.69. The molecule has 80 valence electrons. The van der Waals surface area contributed by atoms with Crippen molar-refractivity contribution in [1.29, 1.82) is 0 Å². The third kappa shape index (κ3) is 4.26. The zero-order chi connectivity index (χ0) is 11.1. The fourth-order valence-electron chi connectivity index (χ4n) is 1.07. The highest BCUT2D eigenvalue weighted by atomic mass is 16.6. The van der Waals surface area contributed by atoms with Gasteiger partial charge in [0, 0.05) is 6.08 Å². The van der Waals surface area contributed by atoms with E-state index in [9.17, 15) is 10.1 Å². The summed E-state index contributed by atoms with van der Waals surface area (Å²) in [5, 5.41) is 10.1. The second-order valence-electron chi connectivity index (χ2n) is 3.02. The number of nitrogens with zero attached hydrogens (tertiary/aromatic N) is 1. The summed E-state index contributed by atoms with van der Waals surface area (Å²) in [5.41, 5.74) is 0.764. The highest BCUT2D eigenvalue weighted by molar-refractivity contribution is 5.50. The van der Waals surface area contributed by atoms with Crippen LogP contribution in [0.2, 0.25) is 0 Å². The molecule has 0 heterocycles. The molecule has 1 aromatic rings. The fraction of sp³-hybridized carbons (Fsp3) is 0.273. The Morgan fingerprint density at radius 1 is 1.53 bits per heavy atom. The molecule has 4 heteroatoms. The molecule has 0 saturated carbocycles. The second-order valence-corrected chi connectivity index (χ2v) is 3.02.